The highest BCUT2D eigenvalue weighted by atomic mass is 32.2. The van der Waals surface area contributed by atoms with Gasteiger partial charge in [-0.3, -0.25) is 14.2 Å². The summed E-state index contributed by atoms with van der Waals surface area (Å²) in [5.74, 6) is -0.0354. The van der Waals surface area contributed by atoms with Crippen molar-refractivity contribution in [3.05, 3.63) is 34.6 Å². The van der Waals surface area contributed by atoms with Crippen LogP contribution in [0.25, 0.3) is 10.9 Å². The summed E-state index contributed by atoms with van der Waals surface area (Å²) >= 11 is 1.21. The van der Waals surface area contributed by atoms with Gasteiger partial charge in [-0.1, -0.05) is 37.2 Å². The monoisotopic (exact) mass is 409 g/mol. The molecule has 7 nitrogen and oxygen atoms in total. The molecule has 2 aromatic rings. The van der Waals surface area contributed by atoms with E-state index in [4.69, 9.17) is 0 Å². The summed E-state index contributed by atoms with van der Waals surface area (Å²) in [5, 5.41) is 3.85. The topological polar surface area (TPSA) is 98.1 Å². The maximum atomic E-state index is 12.8. The molecule has 0 aliphatic carbocycles. The third-order valence-corrected chi connectivity index (χ3v) is 7.24. The van der Waals surface area contributed by atoms with Gasteiger partial charge in [-0.25, -0.2) is 13.4 Å². The zero-order valence-electron chi connectivity index (χ0n) is 15.2. The molecule has 0 saturated carbocycles. The van der Waals surface area contributed by atoms with Crippen molar-refractivity contribution in [2.24, 2.45) is 0 Å². The summed E-state index contributed by atoms with van der Waals surface area (Å²) in [6.07, 6.45) is 2.24. The summed E-state index contributed by atoms with van der Waals surface area (Å²) in [5.41, 5.74) is 0.513. The lowest BCUT2D eigenvalue weighted by Crippen LogP contribution is -2.36. The number of nitrogens with one attached hydrogen (secondary N) is 1. The van der Waals surface area contributed by atoms with E-state index in [1.54, 1.807) is 16.7 Å². The van der Waals surface area contributed by atoms with E-state index < -0.39 is 9.84 Å². The highest BCUT2D eigenvalue weighted by Crippen LogP contribution is 2.19. The lowest BCUT2D eigenvalue weighted by Gasteiger charge is -2.14. The smallest absolute Gasteiger partial charge is 0.262 e. The van der Waals surface area contributed by atoms with E-state index >= 15 is 0 Å². The van der Waals surface area contributed by atoms with Gasteiger partial charge in [-0.2, -0.15) is 0 Å². The minimum absolute atomic E-state index is 0.00115. The van der Waals surface area contributed by atoms with Crippen LogP contribution in [0.3, 0.4) is 0 Å². The molecule has 1 aromatic heterocycles. The number of amides is 1. The molecule has 0 radical (unpaired) electrons. The largest absolute Gasteiger partial charge is 0.352 e. The first-order chi connectivity index (χ1) is 12.9. The highest BCUT2D eigenvalue weighted by Gasteiger charge is 2.28. The molecular weight excluding hydrogens is 386 g/mol. The van der Waals surface area contributed by atoms with Gasteiger partial charge in [0.05, 0.1) is 28.2 Å². The van der Waals surface area contributed by atoms with Crippen LogP contribution in [0.1, 0.15) is 26.2 Å². The van der Waals surface area contributed by atoms with Crippen molar-refractivity contribution in [1.29, 1.82) is 0 Å². The number of unbranched alkanes of at least 4 members (excludes halogenated alkanes) is 1. The number of carbonyl (C=O) groups is 1. The quantitative estimate of drug-likeness (QED) is 0.551. The fraction of sp³-hybridized carbons (Fsp3) is 0.500. The molecule has 0 spiro atoms. The van der Waals surface area contributed by atoms with Crippen LogP contribution in [0.4, 0.5) is 0 Å². The van der Waals surface area contributed by atoms with Crippen molar-refractivity contribution in [1.82, 2.24) is 14.9 Å². The number of hydrogen-bond acceptors (Lipinski definition) is 6. The van der Waals surface area contributed by atoms with Gasteiger partial charge in [0.15, 0.2) is 15.0 Å². The Balaban J connectivity index is 1.75. The van der Waals surface area contributed by atoms with Crippen molar-refractivity contribution in [2.75, 3.05) is 17.3 Å². The van der Waals surface area contributed by atoms with E-state index in [-0.39, 0.29) is 34.8 Å². The number of fused-ring (bicyclic) bond motifs is 1. The molecule has 1 atom stereocenters. The fourth-order valence-corrected chi connectivity index (χ4v) is 5.59. The number of nitrogens with zero attached hydrogens (tertiary/aromatic N) is 2. The number of hydrogen-bond donors (Lipinski definition) is 1. The number of rotatable bonds is 7. The minimum Gasteiger partial charge on any atom is -0.352 e. The summed E-state index contributed by atoms with van der Waals surface area (Å²) in [6, 6.07) is 6.86. The van der Waals surface area contributed by atoms with Gasteiger partial charge < -0.3 is 5.32 Å². The van der Waals surface area contributed by atoms with Gasteiger partial charge in [0.1, 0.15) is 0 Å². The van der Waals surface area contributed by atoms with Crippen molar-refractivity contribution in [3.63, 3.8) is 0 Å². The van der Waals surface area contributed by atoms with Crippen LogP contribution in [0.5, 0.6) is 0 Å². The first-order valence-corrected chi connectivity index (χ1v) is 11.8. The standard InChI is InChI=1S/C18H23N3O4S2/c1-2-3-9-21-17(23)14-6-4-5-7-15(14)20-18(21)26-11-16(22)19-13-8-10-27(24,25)12-13/h4-7,13H,2-3,8-12H2,1H3,(H,19,22)/t13-/m0/s1. The van der Waals surface area contributed by atoms with Crippen molar-refractivity contribution < 1.29 is 13.2 Å². The van der Waals surface area contributed by atoms with Gasteiger partial charge in [-0.05, 0) is 25.0 Å². The molecule has 2 heterocycles. The molecule has 1 amide bonds. The van der Waals surface area contributed by atoms with Crippen LogP contribution >= 0.6 is 11.8 Å². The Morgan fingerprint density at radius 3 is 2.85 bits per heavy atom. The first-order valence-electron chi connectivity index (χ1n) is 9.02. The molecule has 0 bridgehead atoms. The Morgan fingerprint density at radius 1 is 1.37 bits per heavy atom. The third-order valence-electron chi connectivity index (χ3n) is 4.49. The Kier molecular flexibility index (Phi) is 6.21. The maximum Gasteiger partial charge on any atom is 0.262 e. The Bertz CT molecular complexity index is 1000. The average Bonchev–Trinajstić information content (AvgIpc) is 2.97. The number of carbonyl (C=O) groups excluding carboxylic acids is 1. The van der Waals surface area contributed by atoms with Crippen molar-refractivity contribution in [2.45, 2.75) is 43.9 Å². The fourth-order valence-electron chi connectivity index (χ4n) is 3.08. The second-order valence-corrected chi connectivity index (χ2v) is 9.85. The summed E-state index contributed by atoms with van der Waals surface area (Å²) in [7, 11) is -3.03. The van der Waals surface area contributed by atoms with E-state index in [0.717, 1.165) is 12.8 Å². The van der Waals surface area contributed by atoms with E-state index in [0.29, 0.717) is 29.0 Å². The zero-order chi connectivity index (χ0) is 19.4. The molecule has 1 fully saturated rings. The number of para-hydroxylation sites is 1. The second kappa shape index (κ2) is 8.43. The maximum absolute atomic E-state index is 12.8. The van der Waals surface area contributed by atoms with E-state index in [1.165, 1.54) is 11.8 Å². The SMILES string of the molecule is CCCCn1c(SCC(=O)N[C@H]2CCS(=O)(=O)C2)nc2ccccc2c1=O. The molecule has 27 heavy (non-hydrogen) atoms. The molecule has 0 unspecified atom stereocenters. The minimum atomic E-state index is -3.03. The Labute approximate surface area is 162 Å². The third kappa shape index (κ3) is 4.90. The van der Waals surface area contributed by atoms with Crippen LogP contribution in [-0.2, 0) is 21.2 Å². The predicted molar refractivity (Wildman–Crippen MR) is 107 cm³/mol. The number of benzene rings is 1. The van der Waals surface area contributed by atoms with Gasteiger partial charge in [-0.15, -0.1) is 0 Å². The van der Waals surface area contributed by atoms with Crippen LogP contribution in [0.2, 0.25) is 0 Å². The highest BCUT2D eigenvalue weighted by molar-refractivity contribution is 7.99. The molecular formula is C18H23N3O4S2. The number of aromatic nitrogens is 2. The number of thioether (sulfide) groups is 1. The molecule has 3 rings (SSSR count). The van der Waals surface area contributed by atoms with E-state index in [1.807, 2.05) is 12.1 Å². The Morgan fingerprint density at radius 2 is 2.15 bits per heavy atom. The van der Waals surface area contributed by atoms with Crippen LogP contribution in [-0.4, -0.2) is 47.2 Å². The normalized spacial score (nSPS) is 18.6. The molecule has 1 aliphatic rings. The molecule has 146 valence electrons. The van der Waals surface area contributed by atoms with Crippen LogP contribution < -0.4 is 10.9 Å². The number of sulfone groups is 1. The summed E-state index contributed by atoms with van der Waals surface area (Å²) in [4.78, 5) is 29.6. The second-order valence-electron chi connectivity index (χ2n) is 6.68. The average molecular weight is 410 g/mol. The van der Waals surface area contributed by atoms with Gasteiger partial charge >= 0.3 is 0 Å². The van der Waals surface area contributed by atoms with Gasteiger partial charge in [0.25, 0.3) is 5.56 Å². The molecule has 9 heteroatoms. The van der Waals surface area contributed by atoms with E-state index in [9.17, 15) is 18.0 Å². The molecule has 1 saturated heterocycles. The van der Waals surface area contributed by atoms with Gasteiger partial charge in [0, 0.05) is 12.6 Å². The zero-order valence-corrected chi connectivity index (χ0v) is 16.8. The van der Waals surface area contributed by atoms with Crippen LogP contribution in [0, 0.1) is 0 Å². The molecule has 1 N–H and O–H groups in total. The summed E-state index contributed by atoms with van der Waals surface area (Å²) in [6.45, 7) is 2.60. The van der Waals surface area contributed by atoms with Gasteiger partial charge in [0.2, 0.25) is 5.91 Å². The van der Waals surface area contributed by atoms with Crippen molar-refractivity contribution in [3.8, 4) is 0 Å². The van der Waals surface area contributed by atoms with Crippen molar-refractivity contribution >= 4 is 38.4 Å². The summed E-state index contributed by atoms with van der Waals surface area (Å²) < 4.78 is 24.6. The first kappa shape index (κ1) is 19.9. The predicted octanol–water partition coefficient (Wildman–Crippen LogP) is 1.59. The molecule has 1 aromatic carbocycles. The lowest BCUT2D eigenvalue weighted by molar-refractivity contribution is -0.119. The Hall–Kier alpha value is -1.87. The molecule has 1 aliphatic heterocycles. The van der Waals surface area contributed by atoms with E-state index in [2.05, 4.69) is 17.2 Å². The van der Waals surface area contributed by atoms with Crippen LogP contribution in [0.15, 0.2) is 34.2 Å². The lowest BCUT2D eigenvalue weighted by atomic mass is 10.2.